The molecule has 2 rings (SSSR count). The quantitative estimate of drug-likeness (QED) is 0.714. The molecule has 0 radical (unpaired) electrons. The van der Waals surface area contributed by atoms with Crippen LogP contribution in [0.2, 0.25) is 0 Å². The number of nitrogens with zero attached hydrogens (tertiary/aromatic N) is 1. The molecule has 27 heavy (non-hydrogen) atoms. The molecule has 148 valence electrons. The first-order valence-electron chi connectivity index (χ1n) is 8.01. The van der Waals surface area contributed by atoms with Crippen molar-refractivity contribution in [1.82, 2.24) is 4.90 Å². The van der Waals surface area contributed by atoms with E-state index in [-0.39, 0.29) is 23.9 Å². The van der Waals surface area contributed by atoms with Gasteiger partial charge in [-0.15, -0.1) is 12.4 Å². The number of hydrogen-bond acceptors (Lipinski definition) is 4. The molecule has 0 saturated heterocycles. The molecule has 2 aromatic carbocycles. The molecule has 0 saturated carbocycles. The van der Waals surface area contributed by atoms with Gasteiger partial charge in [-0.05, 0) is 42.8 Å². The Morgan fingerprint density at radius 1 is 1.04 bits per heavy atom. The lowest BCUT2D eigenvalue weighted by Crippen LogP contribution is -2.32. The number of carbonyl (C=O) groups is 1. The van der Waals surface area contributed by atoms with E-state index in [4.69, 9.17) is 5.73 Å². The first-order chi connectivity index (χ1) is 12.4. The first-order valence-corrected chi connectivity index (χ1v) is 9.56. The number of hydrogen-bond donors (Lipinski definition) is 1. The molecule has 9 heteroatoms. The zero-order valence-electron chi connectivity index (χ0n) is 14.4. The predicted molar refractivity (Wildman–Crippen MR) is 102 cm³/mol. The summed E-state index contributed by atoms with van der Waals surface area (Å²) in [5.74, 6) is -3.81. The standard InChI is InChI=1S/C18H20F2N2O3S.ClH/c19-18(20)26(24,25)16-9-7-15(8-10-16)17(23)22(12-4-11-21)13-14-5-2-1-3-6-14;/h1-3,5-10,18H,4,11-13,21H2;1H. The van der Waals surface area contributed by atoms with Crippen molar-refractivity contribution in [3.63, 3.8) is 0 Å². The molecule has 0 bridgehead atoms. The number of alkyl halides is 2. The van der Waals surface area contributed by atoms with Gasteiger partial charge in [0.15, 0.2) is 0 Å². The molecule has 0 atom stereocenters. The lowest BCUT2D eigenvalue weighted by molar-refractivity contribution is 0.0742. The van der Waals surface area contributed by atoms with E-state index in [0.717, 1.165) is 17.7 Å². The summed E-state index contributed by atoms with van der Waals surface area (Å²) < 4.78 is 48.1. The second-order valence-corrected chi connectivity index (χ2v) is 7.60. The molecule has 0 aliphatic heterocycles. The minimum atomic E-state index is -4.68. The van der Waals surface area contributed by atoms with Gasteiger partial charge in [-0.1, -0.05) is 30.3 Å². The van der Waals surface area contributed by atoms with Gasteiger partial charge in [-0.3, -0.25) is 4.79 Å². The molecule has 0 aliphatic rings. The molecule has 0 fully saturated rings. The van der Waals surface area contributed by atoms with Gasteiger partial charge in [-0.25, -0.2) is 8.42 Å². The Labute approximate surface area is 163 Å². The first kappa shape index (κ1) is 23.0. The highest BCUT2D eigenvalue weighted by Crippen LogP contribution is 2.19. The molecule has 2 aromatic rings. The van der Waals surface area contributed by atoms with Crippen LogP contribution in [0.3, 0.4) is 0 Å². The summed E-state index contributed by atoms with van der Waals surface area (Å²) in [5, 5.41) is 0. The predicted octanol–water partition coefficient (Wildman–Crippen LogP) is 3.10. The largest absolute Gasteiger partial charge is 0.341 e. The Balaban J connectivity index is 0.00000364. The normalized spacial score (nSPS) is 11.1. The third kappa shape index (κ3) is 5.98. The number of sulfone groups is 1. The van der Waals surface area contributed by atoms with Gasteiger partial charge in [0.05, 0.1) is 4.90 Å². The maximum absolute atomic E-state index is 12.7. The molecule has 1 amide bonds. The zero-order valence-corrected chi connectivity index (χ0v) is 16.1. The van der Waals surface area contributed by atoms with Crippen molar-refractivity contribution in [3.8, 4) is 0 Å². The Hall–Kier alpha value is -2.03. The second kappa shape index (κ2) is 10.3. The van der Waals surface area contributed by atoms with Crippen LogP contribution in [0.25, 0.3) is 0 Å². The Morgan fingerprint density at radius 2 is 1.63 bits per heavy atom. The maximum atomic E-state index is 12.7. The van der Waals surface area contributed by atoms with Crippen molar-refractivity contribution in [2.24, 2.45) is 5.73 Å². The molecule has 0 heterocycles. The highest BCUT2D eigenvalue weighted by molar-refractivity contribution is 7.91. The van der Waals surface area contributed by atoms with E-state index in [0.29, 0.717) is 26.1 Å². The smallest absolute Gasteiger partial charge is 0.334 e. The highest BCUT2D eigenvalue weighted by Gasteiger charge is 2.26. The third-order valence-corrected chi connectivity index (χ3v) is 5.20. The Morgan fingerprint density at radius 3 is 2.15 bits per heavy atom. The number of benzene rings is 2. The van der Waals surface area contributed by atoms with Crippen molar-refractivity contribution in [2.45, 2.75) is 23.6 Å². The molecule has 0 unspecified atom stereocenters. The number of nitrogens with two attached hydrogens (primary N) is 1. The molecule has 2 N–H and O–H groups in total. The average molecular weight is 419 g/mol. The summed E-state index contributed by atoms with van der Waals surface area (Å²) >= 11 is 0. The van der Waals surface area contributed by atoms with Crippen LogP contribution in [0, 0.1) is 0 Å². The molecule has 0 spiro atoms. The maximum Gasteiger partial charge on any atom is 0.341 e. The van der Waals surface area contributed by atoms with E-state index >= 15 is 0 Å². The monoisotopic (exact) mass is 418 g/mol. The fourth-order valence-corrected chi connectivity index (χ4v) is 3.13. The topological polar surface area (TPSA) is 80.5 Å². The van der Waals surface area contributed by atoms with Crippen LogP contribution in [0.15, 0.2) is 59.5 Å². The van der Waals surface area contributed by atoms with Gasteiger partial charge in [0, 0.05) is 18.7 Å². The summed E-state index contributed by atoms with van der Waals surface area (Å²) in [5.41, 5.74) is 6.70. The van der Waals surface area contributed by atoms with E-state index in [9.17, 15) is 22.0 Å². The van der Waals surface area contributed by atoms with Crippen LogP contribution in [-0.4, -0.2) is 38.1 Å². The van der Waals surface area contributed by atoms with Gasteiger partial charge in [0.2, 0.25) is 9.84 Å². The van der Waals surface area contributed by atoms with Crippen LogP contribution >= 0.6 is 12.4 Å². The molecule has 5 nitrogen and oxygen atoms in total. The highest BCUT2D eigenvalue weighted by atomic mass is 35.5. The van der Waals surface area contributed by atoms with Gasteiger partial charge in [-0.2, -0.15) is 8.78 Å². The summed E-state index contributed by atoms with van der Waals surface area (Å²) in [6.07, 6.45) is 0.608. The fourth-order valence-electron chi connectivity index (χ4n) is 2.41. The van der Waals surface area contributed by atoms with Crippen molar-refractivity contribution in [2.75, 3.05) is 13.1 Å². The van der Waals surface area contributed by atoms with Gasteiger partial charge in [0.1, 0.15) is 0 Å². The third-order valence-electron chi connectivity index (χ3n) is 3.80. The number of rotatable bonds is 8. The Kier molecular flexibility index (Phi) is 8.81. The zero-order chi connectivity index (χ0) is 19.2. The van der Waals surface area contributed by atoms with Crippen LogP contribution in [-0.2, 0) is 16.4 Å². The van der Waals surface area contributed by atoms with Crippen molar-refractivity contribution in [3.05, 3.63) is 65.7 Å². The van der Waals surface area contributed by atoms with Crippen LogP contribution < -0.4 is 5.73 Å². The van der Waals surface area contributed by atoms with Crippen LogP contribution in [0.5, 0.6) is 0 Å². The molecule has 0 aromatic heterocycles. The summed E-state index contributed by atoms with van der Waals surface area (Å²) in [4.78, 5) is 13.8. The number of halogens is 3. The molecular weight excluding hydrogens is 398 g/mol. The van der Waals surface area contributed by atoms with E-state index in [1.807, 2.05) is 30.3 Å². The second-order valence-electron chi connectivity index (χ2n) is 5.68. The summed E-state index contributed by atoms with van der Waals surface area (Å²) in [6.45, 7) is 1.22. The van der Waals surface area contributed by atoms with E-state index < -0.39 is 20.5 Å². The van der Waals surface area contributed by atoms with E-state index in [1.54, 1.807) is 4.90 Å². The van der Waals surface area contributed by atoms with Gasteiger partial charge >= 0.3 is 5.76 Å². The number of amides is 1. The molecular formula is C18H21ClF2N2O3S. The summed E-state index contributed by atoms with van der Waals surface area (Å²) in [6, 6.07) is 13.9. The minimum Gasteiger partial charge on any atom is -0.334 e. The van der Waals surface area contributed by atoms with Gasteiger partial charge in [0.25, 0.3) is 5.91 Å². The Bertz CT molecular complexity index is 831. The lowest BCUT2D eigenvalue weighted by Gasteiger charge is -2.23. The summed E-state index contributed by atoms with van der Waals surface area (Å²) in [7, 11) is -4.68. The SMILES string of the molecule is Cl.NCCCN(Cc1ccccc1)C(=O)c1ccc(S(=O)(=O)C(F)F)cc1. The average Bonchev–Trinajstić information content (AvgIpc) is 2.65. The van der Waals surface area contributed by atoms with Gasteiger partial charge < -0.3 is 10.6 Å². The van der Waals surface area contributed by atoms with Crippen LogP contribution in [0.1, 0.15) is 22.3 Å². The van der Waals surface area contributed by atoms with E-state index in [1.165, 1.54) is 12.1 Å². The fraction of sp³-hybridized carbons (Fsp3) is 0.278. The molecule has 0 aliphatic carbocycles. The lowest BCUT2D eigenvalue weighted by atomic mass is 10.1. The van der Waals surface area contributed by atoms with Crippen molar-refractivity contribution >= 4 is 28.2 Å². The minimum absolute atomic E-state index is 0. The van der Waals surface area contributed by atoms with Crippen molar-refractivity contribution in [1.29, 1.82) is 0 Å². The van der Waals surface area contributed by atoms with Crippen molar-refractivity contribution < 1.29 is 22.0 Å². The van der Waals surface area contributed by atoms with E-state index in [2.05, 4.69) is 0 Å². The number of carbonyl (C=O) groups excluding carboxylic acids is 1. The van der Waals surface area contributed by atoms with Crippen LogP contribution in [0.4, 0.5) is 8.78 Å².